The number of urea groups is 1. The topological polar surface area (TPSA) is 109 Å². The van der Waals surface area contributed by atoms with E-state index in [0.29, 0.717) is 24.3 Å². The van der Waals surface area contributed by atoms with Crippen LogP contribution in [-0.4, -0.2) is 48.8 Å². The summed E-state index contributed by atoms with van der Waals surface area (Å²) in [5.74, 6) is -0.118. The summed E-state index contributed by atoms with van der Waals surface area (Å²) in [5.41, 5.74) is 2.00. The molecule has 1 fully saturated rings. The summed E-state index contributed by atoms with van der Waals surface area (Å²) in [5, 5.41) is 6.67. The van der Waals surface area contributed by atoms with Crippen LogP contribution < -0.4 is 20.8 Å². The molecule has 0 aliphatic carbocycles. The van der Waals surface area contributed by atoms with Crippen molar-refractivity contribution in [1.82, 2.24) is 21.1 Å². The van der Waals surface area contributed by atoms with Crippen molar-refractivity contribution in [3.8, 4) is 5.75 Å². The predicted octanol–water partition coefficient (Wildman–Crippen LogP) is 1.57. The zero-order chi connectivity index (χ0) is 21.4. The molecule has 3 amide bonds. The van der Waals surface area contributed by atoms with Crippen molar-refractivity contribution in [2.24, 2.45) is 0 Å². The van der Waals surface area contributed by atoms with Crippen LogP contribution in [0.25, 0.3) is 0 Å². The Bertz CT molecular complexity index is 788. The molecule has 10 heteroatoms. The standard InChI is InChI=1S/C19H26N4O5S/c1-19(13-8-7-9-14(12-13)27-2)16(25)23(18(26)21-19)22-17(29)20-11-6-4-5-10-15(24)28-3/h7-9,12H,4-6,10-11H2,1-3H3,(H,21,26)(H2,20,22,29)/t19-/m0/s1. The first-order chi connectivity index (χ1) is 13.8. The molecule has 1 saturated heterocycles. The summed E-state index contributed by atoms with van der Waals surface area (Å²) < 4.78 is 9.78. The van der Waals surface area contributed by atoms with Crippen molar-refractivity contribution >= 4 is 35.2 Å². The molecule has 3 N–H and O–H groups in total. The summed E-state index contributed by atoms with van der Waals surface area (Å²) >= 11 is 5.18. The molecule has 1 atom stereocenters. The van der Waals surface area contributed by atoms with Gasteiger partial charge in [0.05, 0.1) is 14.2 Å². The van der Waals surface area contributed by atoms with E-state index in [-0.39, 0.29) is 11.1 Å². The van der Waals surface area contributed by atoms with Gasteiger partial charge in [0.2, 0.25) is 0 Å². The highest BCUT2D eigenvalue weighted by Gasteiger charge is 2.49. The van der Waals surface area contributed by atoms with E-state index in [0.717, 1.165) is 24.3 Å². The maximum absolute atomic E-state index is 12.9. The van der Waals surface area contributed by atoms with Gasteiger partial charge in [0.25, 0.3) is 5.91 Å². The van der Waals surface area contributed by atoms with Gasteiger partial charge in [0, 0.05) is 13.0 Å². The first kappa shape index (κ1) is 22.4. The van der Waals surface area contributed by atoms with Crippen molar-refractivity contribution in [2.45, 2.75) is 38.1 Å². The molecule has 2 rings (SSSR count). The fourth-order valence-corrected chi connectivity index (χ4v) is 3.08. The van der Waals surface area contributed by atoms with E-state index in [4.69, 9.17) is 17.0 Å². The lowest BCUT2D eigenvalue weighted by Gasteiger charge is -2.23. The monoisotopic (exact) mass is 422 g/mol. The molecule has 9 nitrogen and oxygen atoms in total. The van der Waals surface area contributed by atoms with E-state index in [1.165, 1.54) is 14.2 Å². The number of hydrogen-bond donors (Lipinski definition) is 3. The highest BCUT2D eigenvalue weighted by Crippen LogP contribution is 2.30. The average molecular weight is 423 g/mol. The minimum absolute atomic E-state index is 0.163. The smallest absolute Gasteiger partial charge is 0.344 e. The Morgan fingerprint density at radius 2 is 2.00 bits per heavy atom. The number of benzene rings is 1. The summed E-state index contributed by atoms with van der Waals surface area (Å²) in [6.07, 6.45) is 2.70. The second-order valence-corrected chi connectivity index (χ2v) is 7.09. The van der Waals surface area contributed by atoms with Crippen molar-refractivity contribution in [2.75, 3.05) is 20.8 Å². The van der Waals surface area contributed by atoms with Crippen LogP contribution in [-0.2, 0) is 19.9 Å². The average Bonchev–Trinajstić information content (AvgIpc) is 2.94. The number of thiocarbonyl (C=S) groups is 1. The lowest BCUT2D eigenvalue weighted by atomic mass is 9.92. The molecule has 1 aromatic carbocycles. The Kier molecular flexibility index (Phi) is 7.77. The number of hydrazine groups is 1. The van der Waals surface area contributed by atoms with Gasteiger partial charge >= 0.3 is 12.0 Å². The molecule has 0 unspecified atom stereocenters. The van der Waals surface area contributed by atoms with Crippen LogP contribution >= 0.6 is 12.2 Å². The zero-order valence-electron chi connectivity index (χ0n) is 16.7. The lowest BCUT2D eigenvalue weighted by molar-refractivity contribution is -0.140. The summed E-state index contributed by atoms with van der Waals surface area (Å²) in [7, 11) is 2.90. The fraction of sp³-hybridized carbons (Fsp3) is 0.474. The van der Waals surface area contributed by atoms with E-state index in [1.54, 1.807) is 31.2 Å². The lowest BCUT2D eigenvalue weighted by Crippen LogP contribution is -2.51. The Morgan fingerprint density at radius 1 is 1.24 bits per heavy atom. The van der Waals surface area contributed by atoms with Crippen LogP contribution in [0.15, 0.2) is 24.3 Å². The van der Waals surface area contributed by atoms with E-state index in [2.05, 4.69) is 20.8 Å². The van der Waals surface area contributed by atoms with Gasteiger partial charge in [-0.2, -0.15) is 5.01 Å². The number of carbonyl (C=O) groups is 3. The molecular weight excluding hydrogens is 396 g/mol. The highest BCUT2D eigenvalue weighted by atomic mass is 32.1. The molecule has 0 spiro atoms. The minimum Gasteiger partial charge on any atom is -0.497 e. The van der Waals surface area contributed by atoms with Gasteiger partial charge < -0.3 is 20.1 Å². The molecule has 29 heavy (non-hydrogen) atoms. The third-order valence-electron chi connectivity index (χ3n) is 4.62. The SMILES string of the molecule is COC(=O)CCCCCNC(=S)NN1C(=O)N[C@@](C)(c2cccc(OC)c2)C1=O. The van der Waals surface area contributed by atoms with E-state index < -0.39 is 17.5 Å². The van der Waals surface area contributed by atoms with Gasteiger partial charge in [-0.25, -0.2) is 4.79 Å². The number of nitrogens with zero attached hydrogens (tertiary/aromatic N) is 1. The number of ether oxygens (including phenoxy) is 2. The number of rotatable bonds is 9. The largest absolute Gasteiger partial charge is 0.497 e. The molecule has 0 bridgehead atoms. The van der Waals surface area contributed by atoms with Gasteiger partial charge in [-0.05, 0) is 49.7 Å². The van der Waals surface area contributed by atoms with E-state index in [1.807, 2.05) is 0 Å². The van der Waals surface area contributed by atoms with Crippen molar-refractivity contribution in [3.63, 3.8) is 0 Å². The number of unbranched alkanes of at least 4 members (excludes halogenated alkanes) is 2. The molecule has 1 aliphatic heterocycles. The summed E-state index contributed by atoms with van der Waals surface area (Å²) in [6, 6.07) is 6.36. The second kappa shape index (κ2) is 10.1. The molecule has 1 aromatic rings. The number of methoxy groups -OCH3 is 2. The maximum atomic E-state index is 12.9. The summed E-state index contributed by atoms with van der Waals surface area (Å²) in [4.78, 5) is 36.3. The van der Waals surface area contributed by atoms with Crippen LogP contribution in [0.3, 0.4) is 0 Å². The minimum atomic E-state index is -1.23. The second-order valence-electron chi connectivity index (χ2n) is 6.68. The van der Waals surface area contributed by atoms with Crippen molar-refractivity contribution < 1.29 is 23.9 Å². The highest BCUT2D eigenvalue weighted by molar-refractivity contribution is 7.80. The van der Waals surface area contributed by atoms with Gasteiger partial charge in [-0.15, -0.1) is 0 Å². The normalized spacial score (nSPS) is 18.2. The molecule has 0 aromatic heterocycles. The Labute approximate surface area is 175 Å². The third kappa shape index (κ3) is 5.57. The predicted molar refractivity (Wildman–Crippen MR) is 110 cm³/mol. The summed E-state index contributed by atoms with van der Waals surface area (Å²) in [6.45, 7) is 2.17. The molecule has 158 valence electrons. The third-order valence-corrected chi connectivity index (χ3v) is 4.86. The van der Waals surface area contributed by atoms with Crippen molar-refractivity contribution in [1.29, 1.82) is 0 Å². The van der Waals surface area contributed by atoms with E-state index in [9.17, 15) is 14.4 Å². The number of nitrogens with one attached hydrogen (secondary N) is 3. The first-order valence-electron chi connectivity index (χ1n) is 9.24. The van der Waals surface area contributed by atoms with Gasteiger partial charge in [0.15, 0.2) is 5.11 Å². The van der Waals surface area contributed by atoms with E-state index >= 15 is 0 Å². The Morgan fingerprint density at radius 3 is 2.69 bits per heavy atom. The molecule has 0 saturated carbocycles. The van der Waals surface area contributed by atoms with Crippen LogP contribution in [0.4, 0.5) is 4.79 Å². The molecule has 1 aliphatic rings. The van der Waals surface area contributed by atoms with Gasteiger partial charge in [0.1, 0.15) is 11.3 Å². The number of esters is 1. The van der Waals surface area contributed by atoms with Gasteiger partial charge in [-0.3, -0.25) is 15.0 Å². The van der Waals surface area contributed by atoms with Crippen LogP contribution in [0.1, 0.15) is 38.2 Å². The Balaban J connectivity index is 1.86. The number of hydrogen-bond acceptors (Lipinski definition) is 6. The molecular formula is C19H26N4O5S. The number of amides is 3. The van der Waals surface area contributed by atoms with Crippen LogP contribution in [0, 0.1) is 0 Å². The maximum Gasteiger partial charge on any atom is 0.344 e. The van der Waals surface area contributed by atoms with Gasteiger partial charge in [-0.1, -0.05) is 18.6 Å². The van der Waals surface area contributed by atoms with Crippen LogP contribution in [0.2, 0.25) is 0 Å². The quantitative estimate of drug-likeness (QED) is 0.238. The fourth-order valence-electron chi connectivity index (χ4n) is 2.89. The molecule has 1 heterocycles. The van der Waals surface area contributed by atoms with Crippen molar-refractivity contribution in [3.05, 3.63) is 29.8 Å². The first-order valence-corrected chi connectivity index (χ1v) is 9.65. The zero-order valence-corrected chi connectivity index (χ0v) is 17.6. The van der Waals surface area contributed by atoms with Crippen LogP contribution in [0.5, 0.6) is 5.75 Å². The number of carbonyl (C=O) groups excluding carboxylic acids is 3. The number of imide groups is 1. The Hall–Kier alpha value is -2.88. The molecule has 0 radical (unpaired) electrons.